The van der Waals surface area contributed by atoms with Gasteiger partial charge in [0.25, 0.3) is 5.22 Å². The Balaban J connectivity index is 2.23. The van der Waals surface area contributed by atoms with Crippen molar-refractivity contribution in [3.05, 3.63) is 40.7 Å². The van der Waals surface area contributed by atoms with Crippen LogP contribution in [0.4, 0.5) is 0 Å². The molecule has 1 aromatic carbocycles. The number of nitrogens with zero attached hydrogens (tertiary/aromatic N) is 2. The van der Waals surface area contributed by atoms with Gasteiger partial charge in [-0.1, -0.05) is 42.4 Å². The second kappa shape index (κ2) is 6.41. The number of halogens is 1. The molecule has 2 N–H and O–H groups in total. The Morgan fingerprint density at radius 1 is 1.32 bits per heavy atom. The lowest BCUT2D eigenvalue weighted by molar-refractivity contribution is 0.427. The van der Waals surface area contributed by atoms with Crippen molar-refractivity contribution in [3.8, 4) is 0 Å². The first-order valence-corrected chi connectivity index (χ1v) is 7.33. The van der Waals surface area contributed by atoms with Gasteiger partial charge in [0.2, 0.25) is 5.89 Å². The third-order valence-electron chi connectivity index (χ3n) is 2.79. The average Bonchev–Trinajstić information content (AvgIpc) is 2.82. The molecule has 0 aliphatic rings. The number of rotatable bonds is 5. The zero-order chi connectivity index (χ0) is 13.8. The minimum absolute atomic E-state index is 0.0124. The van der Waals surface area contributed by atoms with E-state index in [2.05, 4.69) is 17.1 Å². The van der Waals surface area contributed by atoms with E-state index in [0.29, 0.717) is 16.1 Å². The Labute approximate surface area is 121 Å². The highest BCUT2D eigenvalue weighted by Gasteiger charge is 2.22. The van der Waals surface area contributed by atoms with Crippen molar-refractivity contribution in [1.82, 2.24) is 10.2 Å². The van der Waals surface area contributed by atoms with Gasteiger partial charge in [-0.3, -0.25) is 0 Å². The molecule has 0 bridgehead atoms. The molecule has 0 saturated heterocycles. The van der Waals surface area contributed by atoms with Crippen LogP contribution in [0.15, 0.2) is 33.9 Å². The molecule has 0 radical (unpaired) electrons. The van der Waals surface area contributed by atoms with Gasteiger partial charge >= 0.3 is 0 Å². The molecule has 0 fully saturated rings. The predicted octanol–water partition coefficient (Wildman–Crippen LogP) is 3.60. The summed E-state index contributed by atoms with van der Waals surface area (Å²) < 4.78 is 5.41. The molecule has 0 saturated carbocycles. The quantitative estimate of drug-likeness (QED) is 0.854. The fraction of sp³-hybridized carbons (Fsp3) is 0.385. The number of thioether (sulfide) groups is 1. The van der Waals surface area contributed by atoms with Crippen molar-refractivity contribution in [1.29, 1.82) is 0 Å². The predicted molar refractivity (Wildman–Crippen MR) is 77.4 cm³/mol. The largest absolute Gasteiger partial charge is 0.416 e. The Bertz CT molecular complexity index is 529. The van der Waals surface area contributed by atoms with Gasteiger partial charge in [-0.2, -0.15) is 0 Å². The standard InChI is InChI=1S/C13H16ClN3OS/c1-3-11(15)12(9-4-6-10(14)7-5-9)19-13-17-16-8(2)18-13/h4-7,11-12H,3,15H2,1-2H3. The minimum atomic E-state index is 0.0124. The van der Waals surface area contributed by atoms with Crippen LogP contribution < -0.4 is 5.73 Å². The van der Waals surface area contributed by atoms with Gasteiger partial charge in [-0.15, -0.1) is 10.2 Å². The molecular weight excluding hydrogens is 282 g/mol. The third kappa shape index (κ3) is 3.72. The van der Waals surface area contributed by atoms with Gasteiger partial charge in [0.1, 0.15) is 0 Å². The van der Waals surface area contributed by atoms with Crippen molar-refractivity contribution >= 4 is 23.4 Å². The van der Waals surface area contributed by atoms with Crippen LogP contribution in [0.2, 0.25) is 5.02 Å². The van der Waals surface area contributed by atoms with E-state index in [1.165, 1.54) is 11.8 Å². The average molecular weight is 298 g/mol. The monoisotopic (exact) mass is 297 g/mol. The first-order chi connectivity index (χ1) is 9.10. The van der Waals surface area contributed by atoms with Crippen molar-refractivity contribution in [2.24, 2.45) is 5.73 Å². The summed E-state index contributed by atoms with van der Waals surface area (Å²) in [5, 5.41) is 9.17. The third-order valence-corrected chi connectivity index (χ3v) is 4.29. The van der Waals surface area contributed by atoms with Crippen LogP contribution in [0.25, 0.3) is 0 Å². The van der Waals surface area contributed by atoms with E-state index in [1.54, 1.807) is 6.92 Å². The van der Waals surface area contributed by atoms with Crippen LogP contribution in [-0.2, 0) is 0 Å². The van der Waals surface area contributed by atoms with E-state index in [9.17, 15) is 0 Å². The fourth-order valence-electron chi connectivity index (χ4n) is 1.70. The molecule has 6 heteroatoms. The molecule has 2 rings (SSSR count). The molecule has 1 aromatic heterocycles. The normalized spacial score (nSPS) is 14.3. The molecule has 19 heavy (non-hydrogen) atoms. The molecule has 1 heterocycles. The highest BCUT2D eigenvalue weighted by atomic mass is 35.5. The summed E-state index contributed by atoms with van der Waals surface area (Å²) in [6, 6.07) is 7.72. The summed E-state index contributed by atoms with van der Waals surface area (Å²) in [6.45, 7) is 3.83. The van der Waals surface area contributed by atoms with E-state index in [1.807, 2.05) is 24.3 Å². The highest BCUT2D eigenvalue weighted by Crippen LogP contribution is 2.37. The van der Waals surface area contributed by atoms with E-state index in [-0.39, 0.29) is 11.3 Å². The SMILES string of the molecule is CCC(N)C(Sc1nnc(C)o1)c1ccc(Cl)cc1. The molecular formula is C13H16ClN3OS. The van der Waals surface area contributed by atoms with E-state index < -0.39 is 0 Å². The summed E-state index contributed by atoms with van der Waals surface area (Å²) in [5.41, 5.74) is 7.31. The van der Waals surface area contributed by atoms with Crippen LogP contribution in [0.5, 0.6) is 0 Å². The van der Waals surface area contributed by atoms with Gasteiger partial charge in [0, 0.05) is 18.0 Å². The lowest BCUT2D eigenvalue weighted by Crippen LogP contribution is -2.25. The summed E-state index contributed by atoms with van der Waals surface area (Å²) in [4.78, 5) is 0. The zero-order valence-electron chi connectivity index (χ0n) is 10.8. The molecule has 2 atom stereocenters. The Morgan fingerprint density at radius 3 is 2.53 bits per heavy atom. The molecule has 0 aliphatic heterocycles. The zero-order valence-corrected chi connectivity index (χ0v) is 12.4. The number of nitrogens with two attached hydrogens (primary N) is 1. The number of hydrogen-bond acceptors (Lipinski definition) is 5. The molecule has 2 unspecified atom stereocenters. The van der Waals surface area contributed by atoms with Crippen molar-refractivity contribution < 1.29 is 4.42 Å². The fourth-order valence-corrected chi connectivity index (χ4v) is 2.96. The van der Waals surface area contributed by atoms with Crippen LogP contribution in [-0.4, -0.2) is 16.2 Å². The van der Waals surface area contributed by atoms with Gasteiger partial charge in [-0.05, 0) is 24.1 Å². The van der Waals surface area contributed by atoms with Crippen LogP contribution in [0.3, 0.4) is 0 Å². The molecule has 0 spiro atoms. The van der Waals surface area contributed by atoms with E-state index in [4.69, 9.17) is 21.8 Å². The second-order valence-electron chi connectivity index (χ2n) is 4.25. The molecule has 0 aliphatic carbocycles. The molecule has 102 valence electrons. The van der Waals surface area contributed by atoms with Crippen LogP contribution in [0.1, 0.15) is 30.0 Å². The topological polar surface area (TPSA) is 64.9 Å². The van der Waals surface area contributed by atoms with Gasteiger partial charge in [0.05, 0.1) is 5.25 Å². The molecule has 4 nitrogen and oxygen atoms in total. The van der Waals surface area contributed by atoms with Gasteiger partial charge in [0.15, 0.2) is 0 Å². The Morgan fingerprint density at radius 2 is 2.00 bits per heavy atom. The van der Waals surface area contributed by atoms with Crippen molar-refractivity contribution in [2.75, 3.05) is 0 Å². The van der Waals surface area contributed by atoms with Crippen LogP contribution >= 0.6 is 23.4 Å². The maximum absolute atomic E-state index is 6.20. The number of hydrogen-bond donors (Lipinski definition) is 1. The maximum Gasteiger partial charge on any atom is 0.277 e. The smallest absolute Gasteiger partial charge is 0.277 e. The highest BCUT2D eigenvalue weighted by molar-refractivity contribution is 7.99. The minimum Gasteiger partial charge on any atom is -0.416 e. The second-order valence-corrected chi connectivity index (χ2v) is 5.78. The van der Waals surface area contributed by atoms with Crippen LogP contribution in [0, 0.1) is 6.92 Å². The number of aryl methyl sites for hydroxylation is 1. The summed E-state index contributed by atoms with van der Waals surface area (Å²) in [6.07, 6.45) is 0.868. The number of benzene rings is 1. The first kappa shape index (κ1) is 14.4. The molecule has 0 amide bonds. The first-order valence-electron chi connectivity index (χ1n) is 6.08. The Hall–Kier alpha value is -1.04. The van der Waals surface area contributed by atoms with E-state index in [0.717, 1.165) is 12.0 Å². The lowest BCUT2D eigenvalue weighted by Gasteiger charge is -2.21. The number of aromatic nitrogens is 2. The summed E-state index contributed by atoms with van der Waals surface area (Å²) in [7, 11) is 0. The maximum atomic E-state index is 6.20. The van der Waals surface area contributed by atoms with Gasteiger partial charge < -0.3 is 10.2 Å². The van der Waals surface area contributed by atoms with E-state index >= 15 is 0 Å². The molecule has 2 aromatic rings. The van der Waals surface area contributed by atoms with Crippen molar-refractivity contribution in [3.63, 3.8) is 0 Å². The summed E-state index contributed by atoms with van der Waals surface area (Å²) in [5.74, 6) is 0.558. The van der Waals surface area contributed by atoms with Gasteiger partial charge in [-0.25, -0.2) is 0 Å². The Kier molecular flexibility index (Phi) is 4.85. The lowest BCUT2D eigenvalue weighted by atomic mass is 10.0. The summed E-state index contributed by atoms with van der Waals surface area (Å²) >= 11 is 7.41. The van der Waals surface area contributed by atoms with Crippen molar-refractivity contribution in [2.45, 2.75) is 36.8 Å².